The molecule has 0 bridgehead atoms. The highest BCUT2D eigenvalue weighted by atomic mass is 16.4. The molecule has 1 aromatic rings. The predicted molar refractivity (Wildman–Crippen MR) is 82.1 cm³/mol. The molecular weight excluding hydrogens is 264 g/mol. The molecule has 112 valence electrons. The lowest BCUT2D eigenvalue weighted by Gasteiger charge is -2.38. The monoisotopic (exact) mass is 286 g/mol. The molecule has 1 saturated carbocycles. The summed E-state index contributed by atoms with van der Waals surface area (Å²) in [4.78, 5) is 11.8. The third-order valence-corrected chi connectivity index (χ3v) is 4.70. The second-order valence-corrected chi connectivity index (χ2v) is 5.97. The van der Waals surface area contributed by atoms with Gasteiger partial charge in [-0.25, -0.2) is 4.79 Å². The predicted octanol–water partition coefficient (Wildman–Crippen LogP) is 3.70. The van der Waals surface area contributed by atoms with Crippen LogP contribution in [0.3, 0.4) is 0 Å². The number of benzene rings is 1. The molecule has 1 aliphatic rings. The number of anilines is 1. The molecule has 4 nitrogen and oxygen atoms in total. The van der Waals surface area contributed by atoms with Gasteiger partial charge >= 0.3 is 5.97 Å². The van der Waals surface area contributed by atoms with E-state index in [0.29, 0.717) is 30.0 Å². The molecule has 21 heavy (non-hydrogen) atoms. The Morgan fingerprint density at radius 1 is 1.48 bits per heavy atom. The van der Waals surface area contributed by atoms with Gasteiger partial charge in [-0.2, -0.15) is 5.26 Å². The zero-order valence-corrected chi connectivity index (χ0v) is 12.6. The number of hydrogen-bond acceptors (Lipinski definition) is 3. The zero-order chi connectivity index (χ0) is 15.5. The van der Waals surface area contributed by atoms with E-state index in [0.717, 1.165) is 24.8 Å². The van der Waals surface area contributed by atoms with Crippen LogP contribution in [0.1, 0.15) is 50.2 Å². The van der Waals surface area contributed by atoms with Crippen molar-refractivity contribution in [1.29, 1.82) is 5.26 Å². The lowest BCUT2D eigenvalue weighted by atomic mass is 9.75. The van der Waals surface area contributed by atoms with Crippen molar-refractivity contribution in [3.05, 3.63) is 29.3 Å². The summed E-state index contributed by atoms with van der Waals surface area (Å²) in [6.07, 6.45) is 4.16. The first kappa shape index (κ1) is 15.4. The van der Waals surface area contributed by atoms with Crippen LogP contribution < -0.4 is 5.32 Å². The van der Waals surface area contributed by atoms with Crippen LogP contribution in [0.4, 0.5) is 5.69 Å². The Hall–Kier alpha value is -2.02. The molecule has 0 unspecified atom stereocenters. The number of para-hydroxylation sites is 1. The van der Waals surface area contributed by atoms with Crippen LogP contribution in [0.25, 0.3) is 0 Å². The third kappa shape index (κ3) is 3.02. The number of hydrogen-bond donors (Lipinski definition) is 2. The molecule has 0 amide bonds. The van der Waals surface area contributed by atoms with E-state index in [9.17, 15) is 15.2 Å². The first-order valence-corrected chi connectivity index (χ1v) is 7.53. The first-order valence-electron chi connectivity index (χ1n) is 7.53. The van der Waals surface area contributed by atoms with Gasteiger partial charge < -0.3 is 10.4 Å². The SMILES string of the molecule is CCC1CCC(Nc2c(C)cccc2C#N)(C(=O)O)CC1. The van der Waals surface area contributed by atoms with Crippen molar-refractivity contribution >= 4 is 11.7 Å². The minimum Gasteiger partial charge on any atom is -0.480 e. The molecule has 0 aliphatic heterocycles. The highest BCUT2D eigenvalue weighted by molar-refractivity contribution is 5.84. The normalized spacial score (nSPS) is 25.1. The zero-order valence-electron chi connectivity index (χ0n) is 12.6. The molecule has 0 radical (unpaired) electrons. The molecule has 1 aliphatic carbocycles. The topological polar surface area (TPSA) is 73.1 Å². The molecule has 0 spiro atoms. The number of rotatable bonds is 4. The highest BCUT2D eigenvalue weighted by Gasteiger charge is 2.42. The average molecular weight is 286 g/mol. The van der Waals surface area contributed by atoms with Crippen molar-refractivity contribution in [2.45, 2.75) is 51.5 Å². The molecule has 1 fully saturated rings. The summed E-state index contributed by atoms with van der Waals surface area (Å²) in [5.41, 5.74) is 1.14. The standard InChI is InChI=1S/C17H22N2O2/c1-3-13-7-9-17(10-8-13,16(20)21)19-15-12(2)5-4-6-14(15)11-18/h4-6,13,19H,3,7-10H2,1-2H3,(H,20,21). The van der Waals surface area contributed by atoms with Crippen LogP contribution in [0.5, 0.6) is 0 Å². The molecule has 2 rings (SSSR count). The fourth-order valence-corrected chi connectivity index (χ4v) is 3.14. The summed E-state index contributed by atoms with van der Waals surface area (Å²) in [6.45, 7) is 4.05. The van der Waals surface area contributed by atoms with E-state index in [1.165, 1.54) is 0 Å². The number of carboxylic acids is 1. The fourth-order valence-electron chi connectivity index (χ4n) is 3.14. The van der Waals surface area contributed by atoms with Gasteiger partial charge in [0.25, 0.3) is 0 Å². The Kier molecular flexibility index (Phi) is 4.52. The van der Waals surface area contributed by atoms with E-state index in [4.69, 9.17) is 0 Å². The molecule has 2 N–H and O–H groups in total. The van der Waals surface area contributed by atoms with E-state index in [1.54, 1.807) is 6.07 Å². The van der Waals surface area contributed by atoms with Gasteiger partial charge in [0.15, 0.2) is 0 Å². The Labute approximate surface area is 125 Å². The molecular formula is C17H22N2O2. The number of carboxylic acid groups (broad SMARTS) is 1. The van der Waals surface area contributed by atoms with Gasteiger partial charge in [-0.15, -0.1) is 0 Å². The summed E-state index contributed by atoms with van der Waals surface area (Å²) in [5, 5.41) is 22.2. The van der Waals surface area contributed by atoms with Crippen LogP contribution in [0.2, 0.25) is 0 Å². The van der Waals surface area contributed by atoms with Gasteiger partial charge in [0, 0.05) is 0 Å². The Balaban J connectivity index is 2.31. The summed E-state index contributed by atoms with van der Waals surface area (Å²) in [5.74, 6) is -0.198. The van der Waals surface area contributed by atoms with Gasteiger partial charge in [-0.3, -0.25) is 0 Å². The van der Waals surface area contributed by atoms with Crippen LogP contribution in [0.15, 0.2) is 18.2 Å². The minimum absolute atomic E-state index is 0.508. The van der Waals surface area contributed by atoms with E-state index < -0.39 is 11.5 Å². The summed E-state index contributed by atoms with van der Waals surface area (Å²) < 4.78 is 0. The minimum atomic E-state index is -0.941. The van der Waals surface area contributed by atoms with E-state index in [1.807, 2.05) is 19.1 Å². The number of nitrogens with one attached hydrogen (secondary N) is 1. The summed E-state index contributed by atoms with van der Waals surface area (Å²) in [7, 11) is 0. The fraction of sp³-hybridized carbons (Fsp3) is 0.529. The van der Waals surface area contributed by atoms with Gasteiger partial charge in [-0.1, -0.05) is 25.5 Å². The van der Waals surface area contributed by atoms with Gasteiger partial charge in [0.05, 0.1) is 11.3 Å². The maximum atomic E-state index is 11.8. The number of nitrogens with zero attached hydrogens (tertiary/aromatic N) is 1. The van der Waals surface area contributed by atoms with Crippen molar-refractivity contribution in [2.75, 3.05) is 5.32 Å². The highest BCUT2D eigenvalue weighted by Crippen LogP contribution is 2.37. The van der Waals surface area contributed by atoms with Gasteiger partial charge in [-0.05, 0) is 50.2 Å². The van der Waals surface area contributed by atoms with E-state index in [-0.39, 0.29) is 0 Å². The van der Waals surface area contributed by atoms with Crippen molar-refractivity contribution in [1.82, 2.24) is 0 Å². The van der Waals surface area contributed by atoms with Crippen LogP contribution in [-0.4, -0.2) is 16.6 Å². The first-order chi connectivity index (χ1) is 10.0. The summed E-state index contributed by atoms with van der Waals surface area (Å²) in [6, 6.07) is 7.59. The van der Waals surface area contributed by atoms with Crippen molar-refractivity contribution in [2.24, 2.45) is 5.92 Å². The van der Waals surface area contributed by atoms with E-state index >= 15 is 0 Å². The Morgan fingerprint density at radius 2 is 2.14 bits per heavy atom. The van der Waals surface area contributed by atoms with Crippen molar-refractivity contribution < 1.29 is 9.90 Å². The largest absolute Gasteiger partial charge is 0.480 e. The van der Waals surface area contributed by atoms with Crippen LogP contribution in [0, 0.1) is 24.2 Å². The van der Waals surface area contributed by atoms with E-state index in [2.05, 4.69) is 18.3 Å². The maximum absolute atomic E-state index is 11.8. The number of nitriles is 1. The lowest BCUT2D eigenvalue weighted by molar-refractivity contribution is -0.143. The third-order valence-electron chi connectivity index (χ3n) is 4.70. The molecule has 1 aromatic carbocycles. The lowest BCUT2D eigenvalue weighted by Crippen LogP contribution is -2.49. The number of carbonyl (C=O) groups is 1. The molecule has 0 saturated heterocycles. The number of aliphatic carboxylic acids is 1. The van der Waals surface area contributed by atoms with Crippen LogP contribution >= 0.6 is 0 Å². The van der Waals surface area contributed by atoms with Crippen molar-refractivity contribution in [3.63, 3.8) is 0 Å². The Bertz CT molecular complexity index is 567. The molecule has 4 heteroatoms. The molecule has 0 atom stereocenters. The maximum Gasteiger partial charge on any atom is 0.329 e. The molecule has 0 heterocycles. The smallest absolute Gasteiger partial charge is 0.329 e. The quantitative estimate of drug-likeness (QED) is 0.885. The van der Waals surface area contributed by atoms with Crippen LogP contribution in [-0.2, 0) is 4.79 Å². The summed E-state index contributed by atoms with van der Waals surface area (Å²) >= 11 is 0. The van der Waals surface area contributed by atoms with Gasteiger partial charge in [0.1, 0.15) is 11.6 Å². The Morgan fingerprint density at radius 3 is 2.67 bits per heavy atom. The van der Waals surface area contributed by atoms with Crippen molar-refractivity contribution in [3.8, 4) is 6.07 Å². The average Bonchev–Trinajstić information content (AvgIpc) is 2.49. The number of aryl methyl sites for hydroxylation is 1. The second-order valence-electron chi connectivity index (χ2n) is 5.97. The molecule has 0 aromatic heterocycles. The van der Waals surface area contributed by atoms with Gasteiger partial charge in [0.2, 0.25) is 0 Å². The second kappa shape index (κ2) is 6.17.